The molecule has 3 N–H and O–H groups in total. The summed E-state index contributed by atoms with van der Waals surface area (Å²) >= 11 is 0. The lowest BCUT2D eigenvalue weighted by Crippen LogP contribution is -2.52. The van der Waals surface area contributed by atoms with Gasteiger partial charge in [0, 0.05) is 26.1 Å². The quantitative estimate of drug-likeness (QED) is 0.701. The van der Waals surface area contributed by atoms with Gasteiger partial charge in [0.2, 0.25) is 11.8 Å². The molecule has 0 aliphatic carbocycles. The monoisotopic (exact) mass is 227 g/mol. The molecule has 0 aromatic heterocycles. The molecule has 5 nitrogen and oxygen atoms in total. The summed E-state index contributed by atoms with van der Waals surface area (Å²) in [6.07, 6.45) is 2.82. The highest BCUT2D eigenvalue weighted by Gasteiger charge is 2.25. The van der Waals surface area contributed by atoms with Crippen molar-refractivity contribution in [3.63, 3.8) is 0 Å². The second-order valence-electron chi connectivity index (χ2n) is 4.41. The molecule has 92 valence electrons. The largest absolute Gasteiger partial charge is 0.350 e. The van der Waals surface area contributed by atoms with Gasteiger partial charge >= 0.3 is 0 Å². The van der Waals surface area contributed by atoms with Crippen molar-refractivity contribution in [3.05, 3.63) is 0 Å². The summed E-state index contributed by atoms with van der Waals surface area (Å²) < 4.78 is 0. The van der Waals surface area contributed by atoms with Gasteiger partial charge in [-0.25, -0.2) is 0 Å². The Balaban J connectivity index is 2.37. The maximum absolute atomic E-state index is 11.6. The normalized spacial score (nSPS) is 23.1. The first-order valence-electron chi connectivity index (χ1n) is 5.84. The minimum atomic E-state index is -0.423. The second-order valence-corrected chi connectivity index (χ2v) is 4.41. The Bertz CT molecular complexity index is 268. The number of hydrogen-bond donors (Lipinski definition) is 2. The SMILES string of the molecule is CCC[C@@H](N)C(=O)NC1CCC(=O)N(C)C1. The standard InChI is InChI=1S/C11H21N3O2/c1-3-4-9(12)11(16)13-8-5-6-10(15)14(2)7-8/h8-9H,3-7,12H2,1-2H3,(H,13,16)/t8?,9-/m1/s1. The van der Waals surface area contributed by atoms with Crippen LogP contribution in [0.1, 0.15) is 32.6 Å². The topological polar surface area (TPSA) is 75.4 Å². The van der Waals surface area contributed by atoms with Crippen LogP contribution in [0.4, 0.5) is 0 Å². The minimum Gasteiger partial charge on any atom is -0.350 e. The molecular weight excluding hydrogens is 206 g/mol. The number of carbonyl (C=O) groups excluding carboxylic acids is 2. The van der Waals surface area contributed by atoms with Gasteiger partial charge in [-0.3, -0.25) is 9.59 Å². The van der Waals surface area contributed by atoms with Crippen molar-refractivity contribution in [3.8, 4) is 0 Å². The molecular formula is C11H21N3O2. The van der Waals surface area contributed by atoms with E-state index in [-0.39, 0.29) is 17.9 Å². The average molecular weight is 227 g/mol. The van der Waals surface area contributed by atoms with Gasteiger partial charge in [-0.1, -0.05) is 13.3 Å². The molecule has 0 radical (unpaired) electrons. The van der Waals surface area contributed by atoms with E-state index in [4.69, 9.17) is 5.73 Å². The fourth-order valence-corrected chi connectivity index (χ4v) is 1.88. The molecule has 0 spiro atoms. The predicted molar refractivity (Wildman–Crippen MR) is 61.7 cm³/mol. The zero-order chi connectivity index (χ0) is 12.1. The molecule has 5 heteroatoms. The summed E-state index contributed by atoms with van der Waals surface area (Å²) in [5.41, 5.74) is 5.71. The number of likely N-dealkylation sites (N-methyl/N-ethyl adjacent to an activating group) is 1. The second kappa shape index (κ2) is 5.84. The molecule has 2 atom stereocenters. The number of nitrogens with two attached hydrogens (primary N) is 1. The van der Waals surface area contributed by atoms with Gasteiger partial charge in [0.25, 0.3) is 0 Å². The first kappa shape index (κ1) is 13.0. The van der Waals surface area contributed by atoms with Gasteiger partial charge in [-0.05, 0) is 12.8 Å². The number of nitrogens with zero attached hydrogens (tertiary/aromatic N) is 1. The fraction of sp³-hybridized carbons (Fsp3) is 0.818. The summed E-state index contributed by atoms with van der Waals surface area (Å²) in [5.74, 6) is 0.0398. The molecule has 1 aliphatic rings. The maximum Gasteiger partial charge on any atom is 0.237 e. The summed E-state index contributed by atoms with van der Waals surface area (Å²) in [6.45, 7) is 2.59. The van der Waals surface area contributed by atoms with Crippen LogP contribution >= 0.6 is 0 Å². The molecule has 0 saturated carbocycles. The number of nitrogens with one attached hydrogen (secondary N) is 1. The summed E-state index contributed by atoms with van der Waals surface area (Å²) in [6, 6.07) is -0.369. The van der Waals surface area contributed by atoms with Crippen LogP contribution in [0.5, 0.6) is 0 Å². The van der Waals surface area contributed by atoms with Gasteiger partial charge < -0.3 is 16.0 Å². The van der Waals surface area contributed by atoms with Gasteiger partial charge in [0.05, 0.1) is 6.04 Å². The number of carbonyl (C=O) groups is 2. The Morgan fingerprint density at radius 2 is 2.38 bits per heavy atom. The van der Waals surface area contributed by atoms with Crippen LogP contribution in [0.15, 0.2) is 0 Å². The van der Waals surface area contributed by atoms with Gasteiger partial charge in [-0.2, -0.15) is 0 Å². The molecule has 2 amide bonds. The van der Waals surface area contributed by atoms with E-state index in [1.54, 1.807) is 11.9 Å². The molecule has 1 aliphatic heterocycles. The lowest BCUT2D eigenvalue weighted by Gasteiger charge is -2.30. The fourth-order valence-electron chi connectivity index (χ4n) is 1.88. The Morgan fingerprint density at radius 1 is 1.69 bits per heavy atom. The van der Waals surface area contributed by atoms with Gasteiger partial charge in [0.1, 0.15) is 0 Å². The third kappa shape index (κ3) is 3.48. The molecule has 0 aromatic carbocycles. The zero-order valence-corrected chi connectivity index (χ0v) is 10.0. The minimum absolute atomic E-state index is 0.0538. The van der Waals surface area contributed by atoms with Crippen molar-refractivity contribution in [1.29, 1.82) is 0 Å². The van der Waals surface area contributed by atoms with Crippen LogP contribution < -0.4 is 11.1 Å². The Morgan fingerprint density at radius 3 is 2.94 bits per heavy atom. The van der Waals surface area contributed by atoms with E-state index in [1.807, 2.05) is 6.92 Å². The molecule has 1 rings (SSSR count). The molecule has 1 saturated heterocycles. The van der Waals surface area contributed by atoms with Crippen molar-refractivity contribution in [2.45, 2.75) is 44.7 Å². The highest BCUT2D eigenvalue weighted by molar-refractivity contribution is 5.82. The number of likely N-dealkylation sites (tertiary alicyclic amines) is 1. The summed E-state index contributed by atoms with van der Waals surface area (Å²) in [5, 5.41) is 2.90. The number of hydrogen-bond acceptors (Lipinski definition) is 3. The van der Waals surface area contributed by atoms with Gasteiger partial charge in [0.15, 0.2) is 0 Å². The molecule has 0 bridgehead atoms. The molecule has 1 fully saturated rings. The lowest BCUT2D eigenvalue weighted by atomic mass is 10.0. The first-order valence-corrected chi connectivity index (χ1v) is 5.84. The highest BCUT2D eigenvalue weighted by Crippen LogP contribution is 2.09. The highest BCUT2D eigenvalue weighted by atomic mass is 16.2. The molecule has 1 heterocycles. The lowest BCUT2D eigenvalue weighted by molar-refractivity contribution is -0.134. The molecule has 1 unspecified atom stereocenters. The third-order valence-electron chi connectivity index (χ3n) is 2.91. The van der Waals surface area contributed by atoms with Crippen LogP contribution in [0, 0.1) is 0 Å². The van der Waals surface area contributed by atoms with Crippen molar-refractivity contribution >= 4 is 11.8 Å². The van der Waals surface area contributed by atoms with Crippen LogP contribution in [0.25, 0.3) is 0 Å². The van der Waals surface area contributed by atoms with E-state index < -0.39 is 6.04 Å². The van der Waals surface area contributed by atoms with Crippen LogP contribution in [0.2, 0.25) is 0 Å². The van der Waals surface area contributed by atoms with Crippen molar-refractivity contribution in [2.24, 2.45) is 5.73 Å². The van der Waals surface area contributed by atoms with E-state index in [2.05, 4.69) is 5.32 Å². The average Bonchev–Trinajstić information content (AvgIpc) is 2.24. The smallest absolute Gasteiger partial charge is 0.237 e. The Labute approximate surface area is 96.4 Å². The van der Waals surface area contributed by atoms with Crippen molar-refractivity contribution < 1.29 is 9.59 Å². The van der Waals surface area contributed by atoms with E-state index in [0.717, 1.165) is 6.42 Å². The Kier molecular flexibility index (Phi) is 4.73. The molecule has 16 heavy (non-hydrogen) atoms. The van der Waals surface area contributed by atoms with E-state index in [9.17, 15) is 9.59 Å². The Hall–Kier alpha value is -1.10. The van der Waals surface area contributed by atoms with Crippen LogP contribution in [-0.2, 0) is 9.59 Å². The summed E-state index contributed by atoms with van der Waals surface area (Å²) in [4.78, 5) is 24.6. The zero-order valence-electron chi connectivity index (χ0n) is 10.0. The third-order valence-corrected chi connectivity index (χ3v) is 2.91. The first-order chi connectivity index (χ1) is 7.54. The number of amides is 2. The number of rotatable bonds is 4. The predicted octanol–water partition coefficient (Wildman–Crippen LogP) is -0.149. The van der Waals surface area contributed by atoms with Crippen molar-refractivity contribution in [1.82, 2.24) is 10.2 Å². The van der Waals surface area contributed by atoms with E-state index in [0.29, 0.717) is 25.8 Å². The summed E-state index contributed by atoms with van der Waals surface area (Å²) in [7, 11) is 1.76. The number of piperidine rings is 1. The van der Waals surface area contributed by atoms with Crippen LogP contribution in [0.3, 0.4) is 0 Å². The van der Waals surface area contributed by atoms with E-state index >= 15 is 0 Å². The van der Waals surface area contributed by atoms with Crippen LogP contribution in [-0.4, -0.2) is 42.4 Å². The molecule has 0 aromatic rings. The van der Waals surface area contributed by atoms with Gasteiger partial charge in [-0.15, -0.1) is 0 Å². The maximum atomic E-state index is 11.6. The van der Waals surface area contributed by atoms with E-state index in [1.165, 1.54) is 0 Å². The van der Waals surface area contributed by atoms with Crippen molar-refractivity contribution in [2.75, 3.05) is 13.6 Å².